The molecule has 0 unspecified atom stereocenters. The molecule has 0 bridgehead atoms. The molecule has 0 saturated carbocycles. The van der Waals surface area contributed by atoms with Crippen molar-refractivity contribution >= 4 is 17.6 Å². The number of ether oxygens (including phenoxy) is 2. The number of nitrogens with zero attached hydrogens (tertiary/aromatic N) is 4. The number of anilines is 1. The van der Waals surface area contributed by atoms with E-state index in [4.69, 9.17) is 19.1 Å². The van der Waals surface area contributed by atoms with Gasteiger partial charge >= 0.3 is 5.97 Å². The molecule has 186 valence electrons. The molecule has 0 radical (unpaired) electrons. The maximum atomic E-state index is 12.1. The molecule has 0 spiro atoms. The van der Waals surface area contributed by atoms with Gasteiger partial charge in [-0.1, -0.05) is 10.4 Å². The smallest absolute Gasteiger partial charge is 0.358 e. The van der Waals surface area contributed by atoms with Crippen LogP contribution in [-0.2, 0) is 17.9 Å². The standard InChI is InChI=1S/C25H25N5O6/c1-34-20-11-7-18(8-12-20)26-24(31)4-2-3-13-30-15-19(27-29-30)16-35-21-9-5-17(6-10-21)23-14-22(25(32)33)28-36-23/h5-12,14-15H,2-4,13,16H2,1H3,(H,26,31)(H,32,33). The third-order valence-corrected chi connectivity index (χ3v) is 5.26. The number of rotatable bonds is 12. The molecule has 4 rings (SSSR count). The molecule has 2 heterocycles. The van der Waals surface area contributed by atoms with Gasteiger partial charge in [0.1, 0.15) is 23.8 Å². The van der Waals surface area contributed by atoms with Crippen LogP contribution in [0, 0.1) is 0 Å². The molecular weight excluding hydrogens is 466 g/mol. The van der Waals surface area contributed by atoms with Crippen molar-refractivity contribution in [2.45, 2.75) is 32.4 Å². The average Bonchev–Trinajstić information content (AvgIpc) is 3.56. The van der Waals surface area contributed by atoms with Crippen LogP contribution in [0.25, 0.3) is 11.3 Å². The van der Waals surface area contributed by atoms with Gasteiger partial charge in [0.25, 0.3) is 0 Å². The van der Waals surface area contributed by atoms with Crippen molar-refractivity contribution in [3.8, 4) is 22.8 Å². The minimum atomic E-state index is -1.15. The summed E-state index contributed by atoms with van der Waals surface area (Å²) in [5.74, 6) is 0.538. The molecule has 0 aliphatic carbocycles. The summed E-state index contributed by atoms with van der Waals surface area (Å²) in [5, 5.41) is 23.5. The SMILES string of the molecule is COc1ccc(NC(=O)CCCCn2cc(COc3ccc(-c4cc(C(=O)O)no4)cc3)nn2)cc1. The summed E-state index contributed by atoms with van der Waals surface area (Å²) in [6.07, 6.45) is 3.73. The van der Waals surface area contributed by atoms with E-state index in [0.717, 1.165) is 24.3 Å². The number of aromatic carboxylic acids is 1. The lowest BCUT2D eigenvalue weighted by atomic mass is 10.1. The van der Waals surface area contributed by atoms with E-state index in [1.54, 1.807) is 60.3 Å². The van der Waals surface area contributed by atoms with Crippen molar-refractivity contribution in [2.24, 2.45) is 0 Å². The van der Waals surface area contributed by atoms with Crippen molar-refractivity contribution < 1.29 is 28.7 Å². The van der Waals surface area contributed by atoms with E-state index >= 15 is 0 Å². The van der Waals surface area contributed by atoms with Gasteiger partial charge in [0, 0.05) is 30.3 Å². The molecule has 2 aromatic heterocycles. The Kier molecular flexibility index (Phi) is 7.91. The second-order valence-electron chi connectivity index (χ2n) is 7.90. The third kappa shape index (κ3) is 6.69. The Bertz CT molecular complexity index is 1300. The summed E-state index contributed by atoms with van der Waals surface area (Å²) in [4.78, 5) is 23.0. The van der Waals surface area contributed by atoms with Gasteiger partial charge < -0.3 is 24.4 Å². The van der Waals surface area contributed by atoms with E-state index in [1.807, 2.05) is 6.20 Å². The van der Waals surface area contributed by atoms with Crippen LogP contribution in [0.4, 0.5) is 5.69 Å². The average molecular weight is 492 g/mol. The predicted molar refractivity (Wildman–Crippen MR) is 129 cm³/mol. The fraction of sp³-hybridized carbons (Fsp3) is 0.240. The Morgan fingerprint density at radius 1 is 1.06 bits per heavy atom. The molecule has 4 aromatic rings. The monoisotopic (exact) mass is 491 g/mol. The number of aryl methyl sites for hydroxylation is 1. The first-order valence-electron chi connectivity index (χ1n) is 11.3. The molecular formula is C25H25N5O6. The Hall–Kier alpha value is -4.67. The largest absolute Gasteiger partial charge is 0.497 e. The van der Waals surface area contributed by atoms with Crippen molar-refractivity contribution in [2.75, 3.05) is 12.4 Å². The second kappa shape index (κ2) is 11.6. The zero-order valence-electron chi connectivity index (χ0n) is 19.6. The molecule has 0 fully saturated rings. The highest BCUT2D eigenvalue weighted by Crippen LogP contribution is 2.23. The molecule has 0 aliphatic heterocycles. The summed E-state index contributed by atoms with van der Waals surface area (Å²) in [5.41, 5.74) is 1.95. The van der Waals surface area contributed by atoms with Gasteiger partial charge in [-0.25, -0.2) is 4.79 Å². The number of aromatic nitrogens is 4. The first kappa shape index (κ1) is 24.5. The number of unbranched alkanes of at least 4 members (excludes halogenated alkanes) is 1. The van der Waals surface area contributed by atoms with E-state index in [-0.39, 0.29) is 18.2 Å². The lowest BCUT2D eigenvalue weighted by Gasteiger charge is -2.06. The number of amides is 1. The van der Waals surface area contributed by atoms with E-state index < -0.39 is 5.97 Å². The zero-order valence-corrected chi connectivity index (χ0v) is 19.6. The maximum Gasteiger partial charge on any atom is 0.358 e. The molecule has 2 aromatic carbocycles. The fourth-order valence-corrected chi connectivity index (χ4v) is 3.36. The van der Waals surface area contributed by atoms with E-state index in [0.29, 0.717) is 35.7 Å². The number of carbonyl (C=O) groups is 2. The quantitative estimate of drug-likeness (QED) is 0.281. The van der Waals surface area contributed by atoms with Crippen molar-refractivity contribution in [1.82, 2.24) is 20.2 Å². The molecule has 2 N–H and O–H groups in total. The van der Waals surface area contributed by atoms with Crippen LogP contribution in [0.2, 0.25) is 0 Å². The van der Waals surface area contributed by atoms with Crippen LogP contribution in [0.1, 0.15) is 35.4 Å². The topological polar surface area (TPSA) is 142 Å². The van der Waals surface area contributed by atoms with Gasteiger partial charge in [0.2, 0.25) is 5.91 Å². The molecule has 36 heavy (non-hydrogen) atoms. The van der Waals surface area contributed by atoms with Gasteiger partial charge in [-0.05, 0) is 61.4 Å². The number of benzene rings is 2. The summed E-state index contributed by atoms with van der Waals surface area (Å²) < 4.78 is 17.6. The first-order chi connectivity index (χ1) is 17.5. The summed E-state index contributed by atoms with van der Waals surface area (Å²) in [6, 6.07) is 15.6. The van der Waals surface area contributed by atoms with Crippen molar-refractivity contribution in [1.29, 1.82) is 0 Å². The van der Waals surface area contributed by atoms with Gasteiger partial charge in [-0.2, -0.15) is 0 Å². The van der Waals surface area contributed by atoms with Crippen LogP contribution in [0.15, 0.2) is 65.3 Å². The number of hydrogen-bond donors (Lipinski definition) is 2. The highest BCUT2D eigenvalue weighted by Gasteiger charge is 2.12. The number of hydrogen-bond acceptors (Lipinski definition) is 8. The van der Waals surface area contributed by atoms with Crippen molar-refractivity contribution in [3.63, 3.8) is 0 Å². The number of carboxylic acids is 1. The van der Waals surface area contributed by atoms with Crippen LogP contribution in [0.5, 0.6) is 11.5 Å². The van der Waals surface area contributed by atoms with Crippen molar-refractivity contribution in [3.05, 3.63) is 72.2 Å². The molecule has 0 saturated heterocycles. The van der Waals surface area contributed by atoms with Gasteiger partial charge in [0.15, 0.2) is 11.5 Å². The van der Waals surface area contributed by atoms with Gasteiger partial charge in [-0.3, -0.25) is 9.48 Å². The lowest BCUT2D eigenvalue weighted by Crippen LogP contribution is -2.11. The lowest BCUT2D eigenvalue weighted by molar-refractivity contribution is -0.116. The normalized spacial score (nSPS) is 10.7. The Morgan fingerprint density at radius 3 is 2.50 bits per heavy atom. The summed E-state index contributed by atoms with van der Waals surface area (Å²) in [6.45, 7) is 0.891. The minimum absolute atomic E-state index is 0.0375. The Morgan fingerprint density at radius 2 is 1.81 bits per heavy atom. The Balaban J connectivity index is 1.16. The molecule has 1 amide bonds. The predicted octanol–water partition coefficient (Wildman–Crippen LogP) is 4.03. The molecule has 0 atom stereocenters. The summed E-state index contributed by atoms with van der Waals surface area (Å²) >= 11 is 0. The van der Waals surface area contributed by atoms with Crippen LogP contribution in [-0.4, -0.2) is 44.2 Å². The van der Waals surface area contributed by atoms with E-state index in [9.17, 15) is 9.59 Å². The maximum absolute atomic E-state index is 12.1. The highest BCUT2D eigenvalue weighted by atomic mass is 16.5. The highest BCUT2D eigenvalue weighted by molar-refractivity contribution is 5.90. The van der Waals surface area contributed by atoms with Crippen LogP contribution >= 0.6 is 0 Å². The number of methoxy groups -OCH3 is 1. The third-order valence-electron chi connectivity index (χ3n) is 5.26. The van der Waals surface area contributed by atoms with Crippen LogP contribution < -0.4 is 14.8 Å². The number of nitrogens with one attached hydrogen (secondary N) is 1. The summed E-state index contributed by atoms with van der Waals surface area (Å²) in [7, 11) is 1.60. The fourth-order valence-electron chi connectivity index (χ4n) is 3.36. The molecule has 11 heteroatoms. The van der Waals surface area contributed by atoms with Crippen LogP contribution in [0.3, 0.4) is 0 Å². The molecule has 0 aliphatic rings. The minimum Gasteiger partial charge on any atom is -0.497 e. The first-order valence-corrected chi connectivity index (χ1v) is 11.3. The second-order valence-corrected chi connectivity index (χ2v) is 7.90. The zero-order chi connectivity index (χ0) is 25.3. The van der Waals surface area contributed by atoms with Gasteiger partial charge in [0.05, 0.1) is 13.3 Å². The number of carboxylic acid groups (broad SMARTS) is 1. The van der Waals surface area contributed by atoms with Gasteiger partial charge in [-0.15, -0.1) is 5.10 Å². The Labute approximate surface area is 206 Å². The number of carbonyl (C=O) groups excluding carboxylic acids is 1. The molecule has 11 nitrogen and oxygen atoms in total. The van der Waals surface area contributed by atoms with E-state index in [1.165, 1.54) is 6.07 Å². The van der Waals surface area contributed by atoms with E-state index in [2.05, 4.69) is 20.8 Å².